The fourth-order valence-corrected chi connectivity index (χ4v) is 3.64. The van der Waals surface area contributed by atoms with E-state index in [-0.39, 0.29) is 17.8 Å². The molecule has 33 heavy (non-hydrogen) atoms. The lowest BCUT2D eigenvalue weighted by atomic mass is 10.0. The Morgan fingerprint density at radius 3 is 2.48 bits per heavy atom. The van der Waals surface area contributed by atoms with Gasteiger partial charge in [0.1, 0.15) is 5.82 Å². The van der Waals surface area contributed by atoms with Gasteiger partial charge in [-0.2, -0.15) is 0 Å². The fourth-order valence-electron chi connectivity index (χ4n) is 3.47. The summed E-state index contributed by atoms with van der Waals surface area (Å²) in [5.74, 6) is -1.61. The maximum Gasteiger partial charge on any atom is 0.334 e. The number of carbonyl (C=O) groups excluding carboxylic acids is 2. The normalized spacial score (nSPS) is 13.7. The van der Waals surface area contributed by atoms with Gasteiger partial charge in [-0.05, 0) is 42.5 Å². The van der Waals surface area contributed by atoms with E-state index in [9.17, 15) is 14.0 Å². The van der Waals surface area contributed by atoms with E-state index in [1.54, 1.807) is 66.7 Å². The maximum atomic E-state index is 14.6. The number of amides is 1. The van der Waals surface area contributed by atoms with Crippen molar-refractivity contribution in [2.24, 2.45) is 9.98 Å². The minimum Gasteiger partial charge on any atom is -0.467 e. The van der Waals surface area contributed by atoms with Gasteiger partial charge in [-0.25, -0.2) is 9.18 Å². The van der Waals surface area contributed by atoms with Crippen molar-refractivity contribution in [3.8, 4) is 0 Å². The standard InChI is InChI=1S/C25H19ClFN3O3/c1-33-25(32)23(30-24(31)15-7-3-2-4-8-15)21-14-28-22(17-9-5-6-10-19(17)27)18-13-16(26)11-12-20(18)29-21/h2-13,23H,14H2,1H3,(H,30,31). The summed E-state index contributed by atoms with van der Waals surface area (Å²) in [6.45, 7) is -0.0647. The Morgan fingerprint density at radius 2 is 1.76 bits per heavy atom. The second kappa shape index (κ2) is 9.75. The van der Waals surface area contributed by atoms with E-state index in [1.165, 1.54) is 13.2 Å². The molecule has 166 valence electrons. The zero-order valence-corrected chi connectivity index (χ0v) is 18.3. The lowest BCUT2D eigenvalue weighted by Gasteiger charge is -2.17. The van der Waals surface area contributed by atoms with E-state index in [1.807, 2.05) is 0 Å². The van der Waals surface area contributed by atoms with Gasteiger partial charge in [0, 0.05) is 21.7 Å². The minimum atomic E-state index is -1.19. The van der Waals surface area contributed by atoms with Gasteiger partial charge in [0.15, 0.2) is 6.04 Å². The highest BCUT2D eigenvalue weighted by atomic mass is 35.5. The zero-order valence-electron chi connectivity index (χ0n) is 17.6. The van der Waals surface area contributed by atoms with Gasteiger partial charge in [0.05, 0.1) is 30.8 Å². The molecule has 1 amide bonds. The Bertz CT molecular complexity index is 1270. The first-order valence-electron chi connectivity index (χ1n) is 10.1. The van der Waals surface area contributed by atoms with Gasteiger partial charge in [-0.1, -0.05) is 41.9 Å². The summed E-state index contributed by atoms with van der Waals surface area (Å²) in [5, 5.41) is 3.11. The highest BCUT2D eigenvalue weighted by Gasteiger charge is 2.30. The average Bonchev–Trinajstić information content (AvgIpc) is 3.02. The lowest BCUT2D eigenvalue weighted by molar-refractivity contribution is -0.141. The first-order chi connectivity index (χ1) is 16.0. The monoisotopic (exact) mass is 463 g/mol. The molecule has 8 heteroatoms. The van der Waals surface area contributed by atoms with Crippen molar-refractivity contribution in [1.29, 1.82) is 0 Å². The van der Waals surface area contributed by atoms with Gasteiger partial charge >= 0.3 is 5.97 Å². The van der Waals surface area contributed by atoms with Crippen LogP contribution in [0.3, 0.4) is 0 Å². The Hall–Kier alpha value is -3.84. The number of methoxy groups -OCH3 is 1. The highest BCUT2D eigenvalue weighted by Crippen LogP contribution is 2.29. The third-order valence-corrected chi connectivity index (χ3v) is 5.32. The fraction of sp³-hybridized carbons (Fsp3) is 0.120. The molecule has 1 heterocycles. The molecular weight excluding hydrogens is 445 g/mol. The molecule has 3 aromatic rings. The van der Waals surface area contributed by atoms with Crippen LogP contribution in [0.1, 0.15) is 21.5 Å². The predicted octanol–water partition coefficient (Wildman–Crippen LogP) is 4.37. The van der Waals surface area contributed by atoms with Gasteiger partial charge in [0.25, 0.3) is 5.91 Å². The Balaban J connectivity index is 1.78. The van der Waals surface area contributed by atoms with E-state index in [4.69, 9.17) is 16.3 Å². The third-order valence-electron chi connectivity index (χ3n) is 5.09. The molecule has 1 aliphatic rings. The number of hydrogen-bond acceptors (Lipinski definition) is 5. The predicted molar refractivity (Wildman–Crippen MR) is 125 cm³/mol. The number of benzene rings is 3. The summed E-state index contributed by atoms with van der Waals surface area (Å²) < 4.78 is 19.5. The molecule has 1 unspecified atom stereocenters. The van der Waals surface area contributed by atoms with Crippen molar-refractivity contribution in [3.05, 3.63) is 100 Å². The second-order valence-electron chi connectivity index (χ2n) is 7.20. The number of rotatable bonds is 5. The second-order valence-corrected chi connectivity index (χ2v) is 7.64. The third kappa shape index (κ3) is 4.83. The first-order valence-corrected chi connectivity index (χ1v) is 10.5. The molecule has 0 radical (unpaired) electrons. The summed E-state index contributed by atoms with van der Waals surface area (Å²) in [6.07, 6.45) is 0. The van der Waals surface area contributed by atoms with Crippen LogP contribution in [0.2, 0.25) is 5.02 Å². The molecule has 0 aromatic heterocycles. The first kappa shape index (κ1) is 22.4. The quantitative estimate of drug-likeness (QED) is 0.570. The van der Waals surface area contributed by atoms with Crippen LogP contribution in [0.5, 0.6) is 0 Å². The van der Waals surface area contributed by atoms with Crippen molar-refractivity contribution in [3.63, 3.8) is 0 Å². The van der Waals surface area contributed by atoms with Crippen molar-refractivity contribution >= 4 is 40.6 Å². The molecule has 3 aromatic carbocycles. The van der Waals surface area contributed by atoms with Crippen LogP contribution in [0.4, 0.5) is 10.1 Å². The highest BCUT2D eigenvalue weighted by molar-refractivity contribution is 6.31. The molecule has 1 aliphatic heterocycles. The molecule has 4 rings (SSSR count). The molecule has 1 atom stereocenters. The van der Waals surface area contributed by atoms with Crippen LogP contribution in [-0.2, 0) is 9.53 Å². The number of halogens is 2. The summed E-state index contributed by atoms with van der Waals surface area (Å²) in [4.78, 5) is 34.5. The number of fused-ring (bicyclic) bond motifs is 1. The topological polar surface area (TPSA) is 80.1 Å². The van der Waals surface area contributed by atoms with E-state index >= 15 is 0 Å². The van der Waals surface area contributed by atoms with E-state index in [0.29, 0.717) is 27.5 Å². The smallest absolute Gasteiger partial charge is 0.334 e. The van der Waals surface area contributed by atoms with E-state index < -0.39 is 23.7 Å². The van der Waals surface area contributed by atoms with E-state index in [2.05, 4.69) is 15.3 Å². The Morgan fingerprint density at radius 1 is 1.03 bits per heavy atom. The largest absolute Gasteiger partial charge is 0.467 e. The number of nitrogens with one attached hydrogen (secondary N) is 1. The van der Waals surface area contributed by atoms with Crippen LogP contribution in [0, 0.1) is 5.82 Å². The SMILES string of the molecule is COC(=O)C(NC(=O)c1ccccc1)C1=Nc2ccc(Cl)cc2C(c2ccccc2F)=NC1. The maximum absolute atomic E-state index is 14.6. The van der Waals surface area contributed by atoms with Gasteiger partial charge in [-0.15, -0.1) is 0 Å². The molecule has 0 aliphatic carbocycles. The zero-order chi connectivity index (χ0) is 23.4. The number of aliphatic imine (C=N–C) groups is 2. The van der Waals surface area contributed by atoms with Crippen LogP contribution >= 0.6 is 11.6 Å². The molecule has 0 bridgehead atoms. The Labute approximate surface area is 194 Å². The molecular formula is C25H19ClFN3O3. The van der Waals surface area contributed by atoms with Crippen LogP contribution in [0.25, 0.3) is 0 Å². The summed E-state index contributed by atoms with van der Waals surface area (Å²) >= 11 is 6.20. The molecule has 0 spiro atoms. The molecule has 0 fully saturated rings. The molecule has 1 N–H and O–H groups in total. The number of carbonyl (C=O) groups is 2. The van der Waals surface area contributed by atoms with Gasteiger partial charge in [-0.3, -0.25) is 14.8 Å². The van der Waals surface area contributed by atoms with Crippen molar-refractivity contribution in [2.45, 2.75) is 6.04 Å². The Kier molecular flexibility index (Phi) is 6.60. The summed E-state index contributed by atoms with van der Waals surface area (Å²) in [5.41, 5.74) is 2.21. The minimum absolute atomic E-state index is 0.0647. The summed E-state index contributed by atoms with van der Waals surface area (Å²) in [6, 6.07) is 18.5. The van der Waals surface area contributed by atoms with Gasteiger partial charge < -0.3 is 10.1 Å². The summed E-state index contributed by atoms with van der Waals surface area (Å²) in [7, 11) is 1.23. The lowest BCUT2D eigenvalue weighted by Crippen LogP contribution is -2.48. The molecule has 0 saturated carbocycles. The number of nitrogens with zero attached hydrogens (tertiary/aromatic N) is 2. The van der Waals surface area contributed by atoms with E-state index in [0.717, 1.165) is 0 Å². The number of hydrogen-bond donors (Lipinski definition) is 1. The number of ether oxygens (including phenoxy) is 1. The van der Waals surface area contributed by atoms with Gasteiger partial charge in [0.2, 0.25) is 0 Å². The van der Waals surface area contributed by atoms with Crippen molar-refractivity contribution in [2.75, 3.05) is 13.7 Å². The number of esters is 1. The van der Waals surface area contributed by atoms with Crippen LogP contribution in [-0.4, -0.2) is 43.0 Å². The van der Waals surface area contributed by atoms with Crippen LogP contribution in [0.15, 0.2) is 82.8 Å². The van der Waals surface area contributed by atoms with Crippen molar-refractivity contribution < 1.29 is 18.7 Å². The van der Waals surface area contributed by atoms with Crippen molar-refractivity contribution in [1.82, 2.24) is 5.32 Å². The molecule has 6 nitrogen and oxygen atoms in total. The van der Waals surface area contributed by atoms with Crippen LogP contribution < -0.4 is 5.32 Å². The molecule has 0 saturated heterocycles. The average molecular weight is 464 g/mol.